The first-order chi connectivity index (χ1) is 7.68. The monoisotopic (exact) mass is 262 g/mol. The number of benzene rings is 1. The molecule has 2 rings (SSSR count). The van der Waals surface area contributed by atoms with Crippen molar-refractivity contribution < 1.29 is 8.78 Å². The smallest absolute Gasteiger partial charge is 0.163 e. The highest BCUT2D eigenvalue weighted by Crippen LogP contribution is 2.15. The molecule has 5 heteroatoms. The van der Waals surface area contributed by atoms with E-state index < -0.39 is 11.6 Å². The average Bonchev–Trinajstić information content (AvgIpc) is 2.28. The van der Waals surface area contributed by atoms with Crippen LogP contribution in [0.15, 0.2) is 18.2 Å². The Morgan fingerprint density at radius 1 is 1.41 bits per heavy atom. The number of halogens is 3. The summed E-state index contributed by atoms with van der Waals surface area (Å²) < 4.78 is 26.5. The van der Waals surface area contributed by atoms with Gasteiger partial charge in [0.2, 0.25) is 0 Å². The molecular weight excluding hydrogens is 246 g/mol. The Labute approximate surface area is 106 Å². The second-order valence-corrected chi connectivity index (χ2v) is 4.24. The molecule has 1 aromatic carbocycles. The van der Waals surface area contributed by atoms with Crippen molar-refractivity contribution in [3.05, 3.63) is 35.4 Å². The fraction of sp³-hybridized carbons (Fsp3) is 0.500. The molecule has 1 atom stereocenters. The van der Waals surface area contributed by atoms with Crippen LogP contribution in [0.25, 0.3) is 0 Å². The SMILES string of the molecule is CC1CNCCN1Cc1cccc(F)c1F.Cl. The molecule has 2 nitrogen and oxygen atoms in total. The zero-order valence-corrected chi connectivity index (χ0v) is 10.6. The van der Waals surface area contributed by atoms with E-state index in [1.807, 2.05) is 0 Å². The quantitative estimate of drug-likeness (QED) is 0.879. The van der Waals surface area contributed by atoms with E-state index in [-0.39, 0.29) is 12.4 Å². The number of hydrogen-bond acceptors (Lipinski definition) is 2. The summed E-state index contributed by atoms with van der Waals surface area (Å²) in [5.74, 6) is -1.48. The Balaban J connectivity index is 0.00000144. The molecule has 1 aliphatic rings. The molecule has 1 unspecified atom stereocenters. The Morgan fingerprint density at radius 2 is 2.18 bits per heavy atom. The molecule has 0 amide bonds. The van der Waals surface area contributed by atoms with E-state index in [0.717, 1.165) is 25.7 Å². The molecule has 0 bridgehead atoms. The van der Waals surface area contributed by atoms with E-state index in [0.29, 0.717) is 18.2 Å². The zero-order valence-electron chi connectivity index (χ0n) is 9.75. The van der Waals surface area contributed by atoms with Crippen molar-refractivity contribution in [2.75, 3.05) is 19.6 Å². The van der Waals surface area contributed by atoms with Crippen molar-refractivity contribution in [1.29, 1.82) is 0 Å². The maximum absolute atomic E-state index is 13.5. The third kappa shape index (κ3) is 3.37. The van der Waals surface area contributed by atoms with E-state index >= 15 is 0 Å². The molecule has 0 aliphatic carbocycles. The second-order valence-electron chi connectivity index (χ2n) is 4.24. The Bertz CT molecular complexity index is 374. The summed E-state index contributed by atoms with van der Waals surface area (Å²) >= 11 is 0. The van der Waals surface area contributed by atoms with E-state index in [1.165, 1.54) is 0 Å². The van der Waals surface area contributed by atoms with Crippen LogP contribution in [0.4, 0.5) is 8.78 Å². The topological polar surface area (TPSA) is 15.3 Å². The van der Waals surface area contributed by atoms with Gasteiger partial charge < -0.3 is 5.32 Å². The largest absolute Gasteiger partial charge is 0.314 e. The number of piperazine rings is 1. The number of rotatable bonds is 2. The van der Waals surface area contributed by atoms with E-state index in [9.17, 15) is 8.78 Å². The van der Waals surface area contributed by atoms with Crippen molar-refractivity contribution in [3.8, 4) is 0 Å². The lowest BCUT2D eigenvalue weighted by Crippen LogP contribution is -2.49. The molecule has 1 aliphatic heterocycles. The summed E-state index contributed by atoms with van der Waals surface area (Å²) in [4.78, 5) is 2.16. The summed E-state index contributed by atoms with van der Waals surface area (Å²) in [6.07, 6.45) is 0. The van der Waals surface area contributed by atoms with Gasteiger partial charge in [-0.05, 0) is 13.0 Å². The molecule has 1 heterocycles. The normalized spacial score (nSPS) is 21.0. The van der Waals surface area contributed by atoms with Gasteiger partial charge in [-0.2, -0.15) is 0 Å². The van der Waals surface area contributed by atoms with Gasteiger partial charge in [0.05, 0.1) is 0 Å². The van der Waals surface area contributed by atoms with Gasteiger partial charge in [-0.25, -0.2) is 8.78 Å². The van der Waals surface area contributed by atoms with Gasteiger partial charge in [-0.15, -0.1) is 12.4 Å². The highest BCUT2D eigenvalue weighted by Gasteiger charge is 2.19. The fourth-order valence-electron chi connectivity index (χ4n) is 2.01. The first-order valence-electron chi connectivity index (χ1n) is 5.56. The van der Waals surface area contributed by atoms with Crippen LogP contribution in [-0.2, 0) is 6.54 Å². The zero-order chi connectivity index (χ0) is 11.5. The predicted octanol–water partition coefficient (Wildman–Crippen LogP) is 2.18. The van der Waals surface area contributed by atoms with Gasteiger partial charge in [0.15, 0.2) is 11.6 Å². The molecule has 0 aromatic heterocycles. The van der Waals surface area contributed by atoms with Crippen molar-refractivity contribution in [3.63, 3.8) is 0 Å². The maximum atomic E-state index is 13.5. The van der Waals surface area contributed by atoms with Gasteiger partial charge in [0.25, 0.3) is 0 Å². The molecule has 17 heavy (non-hydrogen) atoms. The van der Waals surface area contributed by atoms with Crippen LogP contribution in [-0.4, -0.2) is 30.6 Å². The van der Waals surface area contributed by atoms with Crippen LogP contribution in [0.3, 0.4) is 0 Å². The summed E-state index contributed by atoms with van der Waals surface area (Å²) in [6, 6.07) is 4.71. The first kappa shape index (κ1) is 14.4. The highest BCUT2D eigenvalue weighted by molar-refractivity contribution is 5.85. The summed E-state index contributed by atoms with van der Waals surface area (Å²) in [7, 11) is 0. The second kappa shape index (κ2) is 6.28. The molecule has 0 saturated carbocycles. The lowest BCUT2D eigenvalue weighted by atomic mass is 10.1. The van der Waals surface area contributed by atoms with Gasteiger partial charge in [-0.1, -0.05) is 12.1 Å². The van der Waals surface area contributed by atoms with Crippen LogP contribution in [0, 0.1) is 11.6 Å². The van der Waals surface area contributed by atoms with Gasteiger partial charge in [0, 0.05) is 37.8 Å². The van der Waals surface area contributed by atoms with E-state index in [4.69, 9.17) is 0 Å². The molecule has 96 valence electrons. The number of nitrogens with one attached hydrogen (secondary N) is 1. The molecule has 1 fully saturated rings. The van der Waals surface area contributed by atoms with Crippen molar-refractivity contribution in [2.24, 2.45) is 0 Å². The highest BCUT2D eigenvalue weighted by atomic mass is 35.5. The van der Waals surface area contributed by atoms with Crippen LogP contribution in [0.2, 0.25) is 0 Å². The molecule has 0 radical (unpaired) electrons. The van der Waals surface area contributed by atoms with Gasteiger partial charge >= 0.3 is 0 Å². The van der Waals surface area contributed by atoms with Crippen molar-refractivity contribution >= 4 is 12.4 Å². The van der Waals surface area contributed by atoms with Gasteiger partial charge in [-0.3, -0.25) is 4.90 Å². The van der Waals surface area contributed by atoms with E-state index in [1.54, 1.807) is 12.1 Å². The molecule has 0 spiro atoms. The van der Waals surface area contributed by atoms with Crippen LogP contribution in [0.5, 0.6) is 0 Å². The van der Waals surface area contributed by atoms with Crippen LogP contribution < -0.4 is 5.32 Å². The van der Waals surface area contributed by atoms with Gasteiger partial charge in [0.1, 0.15) is 0 Å². The lowest BCUT2D eigenvalue weighted by Gasteiger charge is -2.33. The minimum atomic E-state index is -0.764. The maximum Gasteiger partial charge on any atom is 0.163 e. The number of hydrogen-bond donors (Lipinski definition) is 1. The van der Waals surface area contributed by atoms with Crippen molar-refractivity contribution in [1.82, 2.24) is 10.2 Å². The number of nitrogens with zero attached hydrogens (tertiary/aromatic N) is 1. The fourth-order valence-corrected chi connectivity index (χ4v) is 2.01. The summed E-state index contributed by atoms with van der Waals surface area (Å²) in [5.41, 5.74) is 0.439. The van der Waals surface area contributed by atoms with Crippen LogP contribution >= 0.6 is 12.4 Å². The summed E-state index contributed by atoms with van der Waals surface area (Å²) in [6.45, 7) is 5.24. The van der Waals surface area contributed by atoms with Crippen LogP contribution in [0.1, 0.15) is 12.5 Å². The van der Waals surface area contributed by atoms with Crippen molar-refractivity contribution in [2.45, 2.75) is 19.5 Å². The molecule has 1 N–H and O–H groups in total. The Kier molecular flexibility index (Phi) is 5.31. The third-order valence-electron chi connectivity index (χ3n) is 3.04. The lowest BCUT2D eigenvalue weighted by molar-refractivity contribution is 0.163. The minimum absolute atomic E-state index is 0. The summed E-state index contributed by atoms with van der Waals surface area (Å²) in [5, 5.41) is 3.27. The minimum Gasteiger partial charge on any atom is -0.314 e. The molecule has 1 aromatic rings. The molecular formula is C12H17ClF2N2. The standard InChI is InChI=1S/C12H16F2N2.ClH/c1-9-7-15-5-6-16(9)8-10-3-2-4-11(13)12(10)14;/h2-4,9,15H,5-8H2,1H3;1H. The third-order valence-corrected chi connectivity index (χ3v) is 3.04. The molecule has 1 saturated heterocycles. The predicted molar refractivity (Wildman–Crippen MR) is 66.3 cm³/mol. The first-order valence-corrected chi connectivity index (χ1v) is 5.56. The van der Waals surface area contributed by atoms with E-state index in [2.05, 4.69) is 17.1 Å². The average molecular weight is 263 g/mol. The Morgan fingerprint density at radius 3 is 2.88 bits per heavy atom. The Hall–Kier alpha value is -0.710.